The predicted molar refractivity (Wildman–Crippen MR) is 59.1 cm³/mol. The van der Waals surface area contributed by atoms with E-state index in [4.69, 9.17) is 19.6 Å². The van der Waals surface area contributed by atoms with Crippen molar-refractivity contribution >= 4 is 21.1 Å². The maximum Gasteiger partial charge on any atom is 0.369 e. The van der Waals surface area contributed by atoms with Crippen LogP contribution in [0.15, 0.2) is 0 Å². The van der Waals surface area contributed by atoms with E-state index in [1.165, 1.54) is 0 Å². The van der Waals surface area contributed by atoms with Gasteiger partial charge in [-0.25, -0.2) is 0 Å². The van der Waals surface area contributed by atoms with Crippen LogP contribution in [0.1, 0.15) is 20.8 Å². The molecule has 0 heterocycles. The van der Waals surface area contributed by atoms with Crippen LogP contribution in [0.5, 0.6) is 0 Å². The Balaban J connectivity index is 0. The molecule has 17 heavy (non-hydrogen) atoms. The monoisotopic (exact) mass is 293 g/mol. The molecule has 0 aromatic heterocycles. The molecule has 1 amide bonds. The van der Waals surface area contributed by atoms with E-state index in [9.17, 15) is 19.0 Å². The molecule has 0 bridgehead atoms. The van der Waals surface area contributed by atoms with E-state index in [0.29, 0.717) is 0 Å². The van der Waals surface area contributed by atoms with E-state index in [0.717, 1.165) is 6.92 Å². The van der Waals surface area contributed by atoms with Gasteiger partial charge >= 0.3 is 15.2 Å². The third-order valence-corrected chi connectivity index (χ3v) is 5.64. The first-order valence-electron chi connectivity index (χ1n) is 4.00. The highest BCUT2D eigenvalue weighted by molar-refractivity contribution is 7.72. The summed E-state index contributed by atoms with van der Waals surface area (Å²) in [6, 6.07) is 0. The Morgan fingerprint density at radius 1 is 1.18 bits per heavy atom. The average molecular weight is 293 g/mol. The summed E-state index contributed by atoms with van der Waals surface area (Å²) in [7, 11) is -10.9. The molecule has 0 saturated heterocycles. The summed E-state index contributed by atoms with van der Waals surface area (Å²) in [5.41, 5.74) is 0. The van der Waals surface area contributed by atoms with E-state index < -0.39 is 39.1 Å². The molecule has 0 atom stereocenters. The number of hydrogen-bond donors (Lipinski definition) is 6. The van der Waals surface area contributed by atoms with Crippen LogP contribution < -0.4 is 5.32 Å². The molecule has 0 saturated carbocycles. The Kier molecular flexibility index (Phi) is 6.80. The normalized spacial score (nSPS) is 12.8. The van der Waals surface area contributed by atoms with Gasteiger partial charge in [-0.05, 0) is 0 Å². The van der Waals surface area contributed by atoms with Gasteiger partial charge in [-0.15, -0.1) is 0 Å². The van der Waals surface area contributed by atoms with Gasteiger partial charge in [-0.2, -0.15) is 0 Å². The van der Waals surface area contributed by atoms with Crippen LogP contribution in [0.2, 0.25) is 0 Å². The molecule has 0 rings (SSSR count). The van der Waals surface area contributed by atoms with Crippen molar-refractivity contribution in [3.05, 3.63) is 0 Å². The fourth-order valence-electron chi connectivity index (χ4n) is 0.867. The quantitative estimate of drug-likeness (QED) is 0.357. The lowest BCUT2D eigenvalue weighted by Crippen LogP contribution is -2.34. The van der Waals surface area contributed by atoms with E-state index in [-0.39, 0.29) is 7.43 Å². The highest BCUT2D eigenvalue weighted by Crippen LogP contribution is 2.68. The minimum absolute atomic E-state index is 0. The summed E-state index contributed by atoms with van der Waals surface area (Å²) in [6.07, 6.45) is -0.957. The van der Waals surface area contributed by atoms with Crippen LogP contribution in [-0.4, -0.2) is 42.2 Å². The highest BCUT2D eigenvalue weighted by atomic mass is 31.2. The Labute approximate surface area is 98.2 Å². The van der Waals surface area contributed by atoms with Crippen molar-refractivity contribution < 1.29 is 38.6 Å². The van der Waals surface area contributed by atoms with Crippen molar-refractivity contribution in [3.63, 3.8) is 0 Å². The lowest BCUT2D eigenvalue weighted by Gasteiger charge is -2.29. The summed E-state index contributed by atoms with van der Waals surface area (Å²) in [5.74, 6) is -0.557. The first-order valence-corrected chi connectivity index (χ1v) is 7.22. The minimum Gasteiger partial charge on any atom is -0.367 e. The minimum atomic E-state index is -5.43. The Morgan fingerprint density at radius 3 is 1.76 bits per heavy atom. The van der Waals surface area contributed by atoms with Crippen molar-refractivity contribution in [2.24, 2.45) is 0 Å². The van der Waals surface area contributed by atoms with E-state index in [1.807, 2.05) is 0 Å². The van der Waals surface area contributed by atoms with E-state index >= 15 is 0 Å². The summed E-state index contributed by atoms with van der Waals surface area (Å²) >= 11 is 0. The Bertz CT molecular complexity index is 335. The second-order valence-corrected chi connectivity index (χ2v) is 7.10. The number of aliphatic hydroxyl groups is 1. The third-order valence-electron chi connectivity index (χ3n) is 1.77. The van der Waals surface area contributed by atoms with Gasteiger partial charge in [0.15, 0.2) is 0 Å². The van der Waals surface area contributed by atoms with Crippen molar-refractivity contribution in [1.82, 2.24) is 5.32 Å². The van der Waals surface area contributed by atoms with Gasteiger partial charge in [0.2, 0.25) is 5.91 Å². The SMILES string of the molecule is C.CC(=O)NCCC(O)(P(=O)(O)O)P(=O)(O)O. The molecule has 6 N–H and O–H groups in total. The molecule has 0 aliphatic rings. The molecule has 0 aromatic rings. The number of carbonyl (C=O) groups is 1. The Hall–Kier alpha value is -0.270. The fourth-order valence-corrected chi connectivity index (χ4v) is 3.03. The van der Waals surface area contributed by atoms with Crippen LogP contribution in [0, 0.1) is 0 Å². The molecule has 0 spiro atoms. The first-order chi connectivity index (χ1) is 6.92. The van der Waals surface area contributed by atoms with Crippen LogP contribution in [0.4, 0.5) is 0 Å². The molecule has 0 unspecified atom stereocenters. The number of rotatable bonds is 5. The lowest BCUT2D eigenvalue weighted by atomic mass is 10.4. The van der Waals surface area contributed by atoms with Crippen LogP contribution in [0.25, 0.3) is 0 Å². The summed E-state index contributed by atoms with van der Waals surface area (Å²) in [4.78, 5) is 45.2. The maximum atomic E-state index is 10.8. The van der Waals surface area contributed by atoms with Gasteiger partial charge in [0, 0.05) is 19.9 Å². The van der Waals surface area contributed by atoms with E-state index in [2.05, 4.69) is 5.32 Å². The zero-order chi connectivity index (χ0) is 13.2. The fraction of sp³-hybridized carbons (Fsp3) is 0.833. The van der Waals surface area contributed by atoms with Crippen molar-refractivity contribution in [2.45, 2.75) is 25.9 Å². The third kappa shape index (κ3) is 4.85. The van der Waals surface area contributed by atoms with Crippen LogP contribution in [-0.2, 0) is 13.9 Å². The summed E-state index contributed by atoms with van der Waals surface area (Å²) in [6.45, 7) is 0.635. The summed E-state index contributed by atoms with van der Waals surface area (Å²) in [5, 5.41) is 7.91. The molecule has 0 aromatic carbocycles. The van der Waals surface area contributed by atoms with Gasteiger partial charge in [-0.1, -0.05) is 7.43 Å². The molecule has 9 nitrogen and oxygen atoms in total. The van der Waals surface area contributed by atoms with Gasteiger partial charge in [0.05, 0.1) is 0 Å². The molecule has 0 fully saturated rings. The van der Waals surface area contributed by atoms with Crippen LogP contribution in [0.3, 0.4) is 0 Å². The number of amides is 1. The summed E-state index contributed by atoms with van der Waals surface area (Å²) < 4.78 is 21.6. The molecule has 0 radical (unpaired) electrons. The lowest BCUT2D eigenvalue weighted by molar-refractivity contribution is -0.119. The zero-order valence-electron chi connectivity index (χ0n) is 8.27. The topological polar surface area (TPSA) is 164 Å². The number of nitrogens with one attached hydrogen (secondary N) is 1. The van der Waals surface area contributed by atoms with Gasteiger partial charge < -0.3 is 30.0 Å². The maximum absolute atomic E-state index is 10.8. The Morgan fingerprint density at radius 2 is 1.53 bits per heavy atom. The largest absolute Gasteiger partial charge is 0.369 e. The second-order valence-electron chi connectivity index (χ2n) is 3.10. The first kappa shape index (κ1) is 19.1. The number of carbonyl (C=O) groups excluding carboxylic acids is 1. The van der Waals surface area contributed by atoms with Crippen molar-refractivity contribution in [1.29, 1.82) is 0 Å². The van der Waals surface area contributed by atoms with Crippen molar-refractivity contribution in [3.8, 4) is 0 Å². The van der Waals surface area contributed by atoms with Gasteiger partial charge in [0.25, 0.3) is 5.08 Å². The standard InChI is InChI=1S/C5H13NO8P2.CH4/c1-4(7)6-3-2-5(8,15(9,10)11)16(12,13)14;/h8H,2-3H2,1H3,(H,6,7)(H2,9,10,11)(H2,12,13,14);1H4. The van der Waals surface area contributed by atoms with Crippen LogP contribution >= 0.6 is 15.2 Å². The van der Waals surface area contributed by atoms with E-state index in [1.54, 1.807) is 0 Å². The molecule has 11 heteroatoms. The molecular weight excluding hydrogens is 276 g/mol. The van der Waals surface area contributed by atoms with Crippen molar-refractivity contribution in [2.75, 3.05) is 6.54 Å². The second kappa shape index (κ2) is 6.06. The zero-order valence-corrected chi connectivity index (χ0v) is 10.1. The molecule has 104 valence electrons. The smallest absolute Gasteiger partial charge is 0.367 e. The predicted octanol–water partition coefficient (Wildman–Crippen LogP) is -0.850. The highest BCUT2D eigenvalue weighted by Gasteiger charge is 2.58. The average Bonchev–Trinajstić information content (AvgIpc) is 1.98. The molecule has 0 aliphatic carbocycles. The molecular formula is C6H17NO8P2. The van der Waals surface area contributed by atoms with Gasteiger partial charge in [-0.3, -0.25) is 13.9 Å². The molecule has 0 aliphatic heterocycles. The number of hydrogen-bond acceptors (Lipinski definition) is 4. The van der Waals surface area contributed by atoms with Gasteiger partial charge in [0.1, 0.15) is 0 Å².